The van der Waals surface area contributed by atoms with Crippen molar-refractivity contribution < 1.29 is 8.42 Å². The standard InChI is InChI=1S/C9H13N3O2S/c10-15(13,14)12-11-9-5-7-3-1-2-4-8(7)6-9/h1-4,9,11-12H,5-6H2,(H2,10,13,14). The van der Waals surface area contributed by atoms with Gasteiger partial charge in [0.05, 0.1) is 0 Å². The van der Waals surface area contributed by atoms with E-state index in [1.165, 1.54) is 11.1 Å². The Morgan fingerprint density at radius 2 is 1.73 bits per heavy atom. The first-order valence-electron chi connectivity index (χ1n) is 4.66. The van der Waals surface area contributed by atoms with Gasteiger partial charge >= 0.3 is 0 Å². The van der Waals surface area contributed by atoms with E-state index in [0.29, 0.717) is 0 Å². The molecule has 0 fully saturated rings. The molecule has 0 aliphatic heterocycles. The van der Waals surface area contributed by atoms with E-state index >= 15 is 0 Å². The fourth-order valence-corrected chi connectivity index (χ4v) is 2.16. The van der Waals surface area contributed by atoms with Gasteiger partial charge in [0.15, 0.2) is 0 Å². The van der Waals surface area contributed by atoms with Crippen molar-refractivity contribution >= 4 is 10.2 Å². The van der Waals surface area contributed by atoms with Crippen molar-refractivity contribution in [3.8, 4) is 0 Å². The number of hydrogen-bond donors (Lipinski definition) is 3. The minimum absolute atomic E-state index is 0.0840. The number of nitrogens with one attached hydrogen (secondary N) is 2. The zero-order chi connectivity index (χ0) is 10.9. The van der Waals surface area contributed by atoms with E-state index in [9.17, 15) is 8.42 Å². The molecule has 1 aliphatic carbocycles. The second-order valence-corrected chi connectivity index (χ2v) is 4.96. The molecule has 2 rings (SSSR count). The third-order valence-corrected chi connectivity index (χ3v) is 2.86. The second-order valence-electron chi connectivity index (χ2n) is 3.67. The van der Waals surface area contributed by atoms with Gasteiger partial charge in [-0.15, -0.1) is 4.83 Å². The molecule has 82 valence electrons. The molecule has 5 nitrogen and oxygen atoms in total. The molecule has 0 radical (unpaired) electrons. The van der Waals surface area contributed by atoms with E-state index in [-0.39, 0.29) is 6.04 Å². The van der Waals surface area contributed by atoms with Crippen LogP contribution in [0.5, 0.6) is 0 Å². The SMILES string of the molecule is NS(=O)(=O)NNC1Cc2ccccc2C1. The molecule has 0 aromatic heterocycles. The van der Waals surface area contributed by atoms with Crippen molar-refractivity contribution in [1.82, 2.24) is 10.3 Å². The Hall–Kier alpha value is -0.950. The van der Waals surface area contributed by atoms with E-state index < -0.39 is 10.2 Å². The van der Waals surface area contributed by atoms with Crippen LogP contribution >= 0.6 is 0 Å². The molecule has 15 heavy (non-hydrogen) atoms. The van der Waals surface area contributed by atoms with Crippen LogP contribution < -0.4 is 15.4 Å². The van der Waals surface area contributed by atoms with Gasteiger partial charge in [-0.1, -0.05) is 24.3 Å². The third-order valence-electron chi connectivity index (χ3n) is 2.46. The molecular weight excluding hydrogens is 214 g/mol. The molecule has 0 atom stereocenters. The van der Waals surface area contributed by atoms with Crippen LogP contribution in [-0.4, -0.2) is 14.5 Å². The molecule has 1 aliphatic rings. The normalized spacial score (nSPS) is 16.6. The molecule has 0 bridgehead atoms. The molecule has 4 N–H and O–H groups in total. The number of rotatable bonds is 3. The fourth-order valence-electron chi connectivity index (χ4n) is 1.83. The Morgan fingerprint density at radius 3 is 2.20 bits per heavy atom. The largest absolute Gasteiger partial charge is 0.287 e. The summed E-state index contributed by atoms with van der Waals surface area (Å²) in [5.41, 5.74) is 5.22. The Labute approximate surface area is 88.8 Å². The summed E-state index contributed by atoms with van der Waals surface area (Å²) in [5, 5.41) is 4.82. The van der Waals surface area contributed by atoms with E-state index in [0.717, 1.165) is 12.8 Å². The lowest BCUT2D eigenvalue weighted by Crippen LogP contribution is -2.47. The van der Waals surface area contributed by atoms with Crippen LogP contribution in [-0.2, 0) is 23.1 Å². The Morgan fingerprint density at radius 1 is 1.20 bits per heavy atom. The second kappa shape index (κ2) is 3.90. The molecular formula is C9H13N3O2S. The molecule has 0 saturated heterocycles. The summed E-state index contributed by atoms with van der Waals surface area (Å²) in [6.45, 7) is 0. The molecule has 0 heterocycles. The topological polar surface area (TPSA) is 84.2 Å². The minimum Gasteiger partial charge on any atom is -0.239 e. The highest BCUT2D eigenvalue weighted by Crippen LogP contribution is 2.20. The van der Waals surface area contributed by atoms with Crippen LogP contribution in [0.3, 0.4) is 0 Å². The number of nitrogens with two attached hydrogens (primary N) is 1. The highest BCUT2D eigenvalue weighted by molar-refractivity contribution is 7.87. The van der Waals surface area contributed by atoms with Gasteiger partial charge in [0.2, 0.25) is 0 Å². The van der Waals surface area contributed by atoms with E-state index in [4.69, 9.17) is 5.14 Å². The molecule has 0 unspecified atom stereocenters. The van der Waals surface area contributed by atoms with Crippen LogP contribution in [0.25, 0.3) is 0 Å². The molecule has 1 aromatic rings. The zero-order valence-corrected chi connectivity index (χ0v) is 8.92. The summed E-state index contributed by atoms with van der Waals surface area (Å²) in [4.78, 5) is 2.10. The lowest BCUT2D eigenvalue weighted by Gasteiger charge is -2.10. The van der Waals surface area contributed by atoms with Crippen molar-refractivity contribution in [2.24, 2.45) is 5.14 Å². The summed E-state index contributed by atoms with van der Waals surface area (Å²) < 4.78 is 21.3. The predicted molar refractivity (Wildman–Crippen MR) is 57.0 cm³/mol. The smallest absolute Gasteiger partial charge is 0.239 e. The third kappa shape index (κ3) is 2.75. The van der Waals surface area contributed by atoms with Gasteiger partial charge in [0, 0.05) is 6.04 Å². The van der Waals surface area contributed by atoms with Gasteiger partial charge in [-0.05, 0) is 24.0 Å². The van der Waals surface area contributed by atoms with Crippen molar-refractivity contribution in [3.05, 3.63) is 35.4 Å². The van der Waals surface area contributed by atoms with Gasteiger partial charge in [-0.2, -0.15) is 8.42 Å². The van der Waals surface area contributed by atoms with Gasteiger partial charge in [-0.25, -0.2) is 10.6 Å². The fraction of sp³-hybridized carbons (Fsp3) is 0.333. The first-order valence-corrected chi connectivity index (χ1v) is 6.21. The maximum atomic E-state index is 10.7. The molecule has 6 heteroatoms. The van der Waals surface area contributed by atoms with Crippen LogP contribution in [0.2, 0.25) is 0 Å². The maximum absolute atomic E-state index is 10.7. The summed E-state index contributed by atoms with van der Waals surface area (Å²) >= 11 is 0. The number of benzene rings is 1. The van der Waals surface area contributed by atoms with Gasteiger partial charge in [0.25, 0.3) is 10.2 Å². The molecule has 0 amide bonds. The first kappa shape index (κ1) is 10.6. The maximum Gasteiger partial charge on any atom is 0.287 e. The summed E-state index contributed by atoms with van der Waals surface area (Å²) in [6, 6.07) is 8.14. The quantitative estimate of drug-likeness (QED) is 0.606. The lowest BCUT2D eigenvalue weighted by atomic mass is 10.1. The van der Waals surface area contributed by atoms with Gasteiger partial charge in [0.1, 0.15) is 0 Å². The Kier molecular flexibility index (Phi) is 2.74. The van der Waals surface area contributed by atoms with E-state index in [1.54, 1.807) is 0 Å². The van der Waals surface area contributed by atoms with Crippen molar-refractivity contribution in [2.45, 2.75) is 18.9 Å². The average molecular weight is 227 g/mol. The van der Waals surface area contributed by atoms with Gasteiger partial charge in [-0.3, -0.25) is 0 Å². The number of hydrogen-bond acceptors (Lipinski definition) is 3. The summed E-state index contributed by atoms with van der Waals surface area (Å²) in [6.07, 6.45) is 1.64. The highest BCUT2D eigenvalue weighted by Gasteiger charge is 2.21. The summed E-state index contributed by atoms with van der Waals surface area (Å²) in [7, 11) is -3.66. The van der Waals surface area contributed by atoms with Crippen LogP contribution in [0.4, 0.5) is 0 Å². The Bertz CT molecular complexity index is 433. The van der Waals surface area contributed by atoms with Crippen LogP contribution in [0.1, 0.15) is 11.1 Å². The van der Waals surface area contributed by atoms with Crippen LogP contribution in [0.15, 0.2) is 24.3 Å². The Balaban J connectivity index is 1.96. The monoisotopic (exact) mass is 227 g/mol. The zero-order valence-electron chi connectivity index (χ0n) is 8.10. The average Bonchev–Trinajstić information content (AvgIpc) is 2.56. The molecule has 0 saturated carbocycles. The summed E-state index contributed by atoms with van der Waals surface area (Å²) in [5.74, 6) is 0. The molecule has 0 spiro atoms. The molecule has 1 aromatic carbocycles. The number of fused-ring (bicyclic) bond motifs is 1. The van der Waals surface area contributed by atoms with Crippen molar-refractivity contribution in [1.29, 1.82) is 0 Å². The van der Waals surface area contributed by atoms with Crippen molar-refractivity contribution in [3.63, 3.8) is 0 Å². The van der Waals surface area contributed by atoms with Crippen LogP contribution in [0, 0.1) is 0 Å². The number of hydrazine groups is 1. The lowest BCUT2D eigenvalue weighted by molar-refractivity contribution is 0.492. The van der Waals surface area contributed by atoms with E-state index in [1.807, 2.05) is 24.3 Å². The minimum atomic E-state index is -3.66. The highest BCUT2D eigenvalue weighted by atomic mass is 32.2. The predicted octanol–water partition coefficient (Wildman–Crippen LogP) is -0.548. The van der Waals surface area contributed by atoms with Gasteiger partial charge < -0.3 is 0 Å². The van der Waals surface area contributed by atoms with E-state index in [2.05, 4.69) is 10.3 Å². The first-order chi connectivity index (χ1) is 7.04. The van der Waals surface area contributed by atoms with Crippen molar-refractivity contribution in [2.75, 3.05) is 0 Å².